The summed E-state index contributed by atoms with van der Waals surface area (Å²) >= 11 is 0. The molecule has 0 bridgehead atoms. The van der Waals surface area contributed by atoms with E-state index in [0.717, 1.165) is 0 Å². The van der Waals surface area contributed by atoms with E-state index in [2.05, 4.69) is 10.6 Å². The molecule has 2 rings (SSSR count). The fourth-order valence-corrected chi connectivity index (χ4v) is 2.05. The molecule has 0 aliphatic carbocycles. The fraction of sp³-hybridized carbons (Fsp3) is 0.222. The van der Waals surface area contributed by atoms with Gasteiger partial charge in [0.2, 0.25) is 5.91 Å². The molecular weight excluding hydrogens is 308 g/mol. The molecule has 0 saturated carbocycles. The number of hydrogen-bond donors (Lipinski definition) is 2. The van der Waals surface area contributed by atoms with Gasteiger partial charge in [-0.25, -0.2) is 0 Å². The summed E-state index contributed by atoms with van der Waals surface area (Å²) in [6.07, 6.45) is -0.693. The van der Waals surface area contributed by atoms with Gasteiger partial charge in [-0.1, -0.05) is 12.1 Å². The molecule has 0 spiro atoms. The normalized spacial score (nSPS) is 11.3. The lowest BCUT2D eigenvalue weighted by molar-refractivity contribution is -0.122. The van der Waals surface area contributed by atoms with Crippen molar-refractivity contribution in [2.45, 2.75) is 20.0 Å². The molecule has 1 atom stereocenters. The van der Waals surface area contributed by atoms with Crippen LogP contribution >= 0.6 is 0 Å². The maximum atomic E-state index is 12.3. The van der Waals surface area contributed by atoms with Gasteiger partial charge >= 0.3 is 0 Å². The molecule has 0 aromatic heterocycles. The fourth-order valence-electron chi connectivity index (χ4n) is 2.05. The van der Waals surface area contributed by atoms with Crippen LogP contribution < -0.4 is 20.1 Å². The van der Waals surface area contributed by atoms with Gasteiger partial charge < -0.3 is 20.1 Å². The van der Waals surface area contributed by atoms with Crippen molar-refractivity contribution in [3.05, 3.63) is 48.5 Å². The first kappa shape index (κ1) is 17.3. The van der Waals surface area contributed by atoms with Crippen LogP contribution in [0.25, 0.3) is 0 Å². The second-order valence-electron chi connectivity index (χ2n) is 5.19. The van der Waals surface area contributed by atoms with Gasteiger partial charge in [0.05, 0.1) is 7.11 Å². The molecule has 0 saturated heterocycles. The molecule has 6 heteroatoms. The van der Waals surface area contributed by atoms with E-state index in [4.69, 9.17) is 9.47 Å². The van der Waals surface area contributed by atoms with Gasteiger partial charge in [0.1, 0.15) is 11.5 Å². The van der Waals surface area contributed by atoms with Crippen LogP contribution in [-0.4, -0.2) is 25.0 Å². The van der Waals surface area contributed by atoms with E-state index < -0.39 is 6.10 Å². The van der Waals surface area contributed by atoms with E-state index in [-0.39, 0.29) is 11.8 Å². The Hall–Kier alpha value is -3.02. The van der Waals surface area contributed by atoms with Crippen LogP contribution in [0.15, 0.2) is 48.5 Å². The largest absolute Gasteiger partial charge is 0.497 e. The maximum absolute atomic E-state index is 12.3. The Morgan fingerprint density at radius 3 is 2.25 bits per heavy atom. The van der Waals surface area contributed by atoms with Gasteiger partial charge in [-0.2, -0.15) is 0 Å². The second-order valence-corrected chi connectivity index (χ2v) is 5.19. The Morgan fingerprint density at radius 2 is 1.58 bits per heavy atom. The molecule has 6 nitrogen and oxygen atoms in total. The average Bonchev–Trinajstić information content (AvgIpc) is 2.54. The number of ether oxygens (including phenoxy) is 2. The predicted octanol–water partition coefficient (Wildman–Crippen LogP) is 3.06. The molecule has 2 aromatic rings. The summed E-state index contributed by atoms with van der Waals surface area (Å²) in [6.45, 7) is 3.09. The zero-order valence-electron chi connectivity index (χ0n) is 13.8. The molecule has 0 aliphatic rings. The molecule has 0 aliphatic heterocycles. The first-order valence-corrected chi connectivity index (χ1v) is 7.47. The smallest absolute Gasteiger partial charge is 0.265 e. The number of amides is 2. The van der Waals surface area contributed by atoms with Crippen molar-refractivity contribution in [1.82, 2.24) is 0 Å². The monoisotopic (exact) mass is 328 g/mol. The number of rotatable bonds is 6. The number of methoxy groups -OCH3 is 1. The van der Waals surface area contributed by atoms with Crippen molar-refractivity contribution < 1.29 is 19.1 Å². The van der Waals surface area contributed by atoms with Crippen LogP contribution in [0.1, 0.15) is 13.8 Å². The van der Waals surface area contributed by atoms with Crippen molar-refractivity contribution in [3.63, 3.8) is 0 Å². The standard InChI is InChI=1S/C18H20N2O4/c1-12(24-17-9-5-8-16(11-17)23-3)18(22)20-15-7-4-6-14(10-15)19-13(2)21/h4-12H,1-3H3,(H,19,21)(H,20,22). The van der Waals surface area contributed by atoms with Crippen molar-refractivity contribution in [1.29, 1.82) is 0 Å². The van der Waals surface area contributed by atoms with E-state index in [1.54, 1.807) is 62.6 Å². The lowest BCUT2D eigenvalue weighted by Gasteiger charge is -2.15. The maximum Gasteiger partial charge on any atom is 0.265 e. The van der Waals surface area contributed by atoms with Crippen LogP contribution in [0, 0.1) is 0 Å². The highest BCUT2D eigenvalue weighted by molar-refractivity contribution is 5.95. The van der Waals surface area contributed by atoms with E-state index in [1.807, 2.05) is 0 Å². The molecule has 24 heavy (non-hydrogen) atoms. The number of hydrogen-bond acceptors (Lipinski definition) is 4. The first-order chi connectivity index (χ1) is 11.5. The number of carbonyl (C=O) groups excluding carboxylic acids is 2. The zero-order chi connectivity index (χ0) is 17.5. The van der Waals surface area contributed by atoms with Gasteiger partial charge in [-0.15, -0.1) is 0 Å². The summed E-state index contributed by atoms with van der Waals surface area (Å²) in [5.41, 5.74) is 1.19. The molecular formula is C18H20N2O4. The summed E-state index contributed by atoms with van der Waals surface area (Å²) in [5, 5.41) is 5.42. The number of carbonyl (C=O) groups is 2. The summed E-state index contributed by atoms with van der Waals surface area (Å²) in [4.78, 5) is 23.3. The highest BCUT2D eigenvalue weighted by Crippen LogP contribution is 2.21. The van der Waals surface area contributed by atoms with E-state index in [9.17, 15) is 9.59 Å². The third kappa shape index (κ3) is 5.01. The topological polar surface area (TPSA) is 76.7 Å². The van der Waals surface area contributed by atoms with Crippen molar-refractivity contribution >= 4 is 23.2 Å². The van der Waals surface area contributed by atoms with Gasteiger partial charge in [-0.05, 0) is 37.3 Å². The Kier molecular flexibility index (Phi) is 5.78. The lowest BCUT2D eigenvalue weighted by atomic mass is 10.2. The Morgan fingerprint density at radius 1 is 0.958 bits per heavy atom. The van der Waals surface area contributed by atoms with Crippen LogP contribution in [0.3, 0.4) is 0 Å². The van der Waals surface area contributed by atoms with Gasteiger partial charge in [0.25, 0.3) is 5.91 Å². The third-order valence-electron chi connectivity index (χ3n) is 3.17. The van der Waals surface area contributed by atoms with E-state index in [1.165, 1.54) is 6.92 Å². The Balaban J connectivity index is 1.99. The summed E-state index contributed by atoms with van der Waals surface area (Å²) in [5.74, 6) is 0.734. The minimum atomic E-state index is -0.693. The first-order valence-electron chi connectivity index (χ1n) is 7.47. The molecule has 2 amide bonds. The minimum Gasteiger partial charge on any atom is -0.497 e. The highest BCUT2D eigenvalue weighted by atomic mass is 16.5. The molecule has 0 heterocycles. The van der Waals surface area contributed by atoms with Crippen LogP contribution in [-0.2, 0) is 9.59 Å². The van der Waals surface area contributed by atoms with Crippen LogP contribution in [0.5, 0.6) is 11.5 Å². The molecule has 0 radical (unpaired) electrons. The predicted molar refractivity (Wildman–Crippen MR) is 92.5 cm³/mol. The Bertz CT molecular complexity index is 730. The minimum absolute atomic E-state index is 0.173. The lowest BCUT2D eigenvalue weighted by Crippen LogP contribution is -2.30. The van der Waals surface area contributed by atoms with Crippen molar-refractivity contribution in [3.8, 4) is 11.5 Å². The quantitative estimate of drug-likeness (QED) is 0.854. The third-order valence-corrected chi connectivity index (χ3v) is 3.17. The van der Waals surface area contributed by atoms with E-state index >= 15 is 0 Å². The average molecular weight is 328 g/mol. The van der Waals surface area contributed by atoms with Crippen molar-refractivity contribution in [2.24, 2.45) is 0 Å². The molecule has 2 N–H and O–H groups in total. The van der Waals surface area contributed by atoms with Gasteiger partial charge in [0.15, 0.2) is 6.10 Å². The van der Waals surface area contributed by atoms with E-state index in [0.29, 0.717) is 22.9 Å². The Labute approximate surface area is 140 Å². The molecule has 2 aromatic carbocycles. The van der Waals surface area contributed by atoms with Gasteiger partial charge in [0, 0.05) is 24.4 Å². The number of nitrogens with one attached hydrogen (secondary N) is 2. The molecule has 0 fully saturated rings. The SMILES string of the molecule is COc1cccc(OC(C)C(=O)Nc2cccc(NC(C)=O)c2)c1. The summed E-state index contributed by atoms with van der Waals surface area (Å²) in [7, 11) is 1.57. The number of anilines is 2. The zero-order valence-corrected chi connectivity index (χ0v) is 13.8. The summed E-state index contributed by atoms with van der Waals surface area (Å²) < 4.78 is 10.7. The number of benzene rings is 2. The van der Waals surface area contributed by atoms with Crippen molar-refractivity contribution in [2.75, 3.05) is 17.7 Å². The highest BCUT2D eigenvalue weighted by Gasteiger charge is 2.15. The van der Waals surface area contributed by atoms with Crippen LogP contribution in [0.4, 0.5) is 11.4 Å². The van der Waals surface area contributed by atoms with Crippen LogP contribution in [0.2, 0.25) is 0 Å². The summed E-state index contributed by atoms with van der Waals surface area (Å²) in [6, 6.07) is 14.0. The molecule has 126 valence electrons. The second kappa shape index (κ2) is 8.01. The molecule has 1 unspecified atom stereocenters. The van der Waals surface area contributed by atoms with Gasteiger partial charge in [-0.3, -0.25) is 9.59 Å².